The average molecular weight is 361 g/mol. The van der Waals surface area contributed by atoms with Crippen LogP contribution >= 0.6 is 11.6 Å². The minimum absolute atomic E-state index is 0.0242. The number of fused-ring (bicyclic) bond motifs is 1. The monoisotopic (exact) mass is 360 g/mol. The maximum atomic E-state index is 13.8. The van der Waals surface area contributed by atoms with Gasteiger partial charge in [-0.1, -0.05) is 23.7 Å². The second-order valence-electron chi connectivity index (χ2n) is 5.63. The van der Waals surface area contributed by atoms with Gasteiger partial charge in [-0.2, -0.15) is 0 Å². The van der Waals surface area contributed by atoms with Gasteiger partial charge in [-0.25, -0.2) is 4.39 Å². The Morgan fingerprint density at radius 1 is 1.16 bits per heavy atom. The normalized spacial score (nSPS) is 13.2. The number of hydrogen-bond donors (Lipinski definition) is 1. The fourth-order valence-electron chi connectivity index (χ4n) is 2.66. The quantitative estimate of drug-likeness (QED) is 0.850. The zero-order chi connectivity index (χ0) is 18.1. The lowest BCUT2D eigenvalue weighted by Crippen LogP contribution is -2.33. The molecule has 0 fully saturated rings. The highest BCUT2D eigenvalue weighted by atomic mass is 35.5. The molecule has 1 heterocycles. The number of nitrogens with zero attached hydrogens (tertiary/aromatic N) is 1. The van der Waals surface area contributed by atoms with Crippen LogP contribution in [0.4, 0.5) is 10.1 Å². The van der Waals surface area contributed by atoms with Crippen LogP contribution < -0.4 is 5.32 Å². The summed E-state index contributed by atoms with van der Waals surface area (Å²) in [5.74, 6) is -2.42. The van der Waals surface area contributed by atoms with E-state index in [0.29, 0.717) is 10.7 Å². The number of nitrogens with one attached hydrogen (secondary N) is 1. The fraction of sp³-hybridized carbons (Fsp3) is 0.167. The molecule has 1 N–H and O–H groups in total. The molecule has 0 bridgehead atoms. The number of imide groups is 1. The molecule has 2 aromatic carbocycles. The smallest absolute Gasteiger partial charge is 0.264 e. The Bertz CT molecular complexity index is 898. The molecule has 5 nitrogen and oxygen atoms in total. The van der Waals surface area contributed by atoms with Gasteiger partial charge in [0.1, 0.15) is 5.82 Å². The second kappa shape index (κ2) is 6.64. The fourth-order valence-corrected chi connectivity index (χ4v) is 2.84. The predicted molar refractivity (Wildman–Crippen MR) is 91.2 cm³/mol. The van der Waals surface area contributed by atoms with Crippen molar-refractivity contribution >= 4 is 35.0 Å². The molecule has 2 aromatic rings. The summed E-state index contributed by atoms with van der Waals surface area (Å²) in [4.78, 5) is 37.4. The Kier molecular flexibility index (Phi) is 4.55. The van der Waals surface area contributed by atoms with E-state index in [-0.39, 0.29) is 30.0 Å². The first-order valence-electron chi connectivity index (χ1n) is 7.60. The number of amides is 3. The van der Waals surface area contributed by atoms with Crippen molar-refractivity contribution in [3.63, 3.8) is 0 Å². The molecule has 7 heteroatoms. The third kappa shape index (κ3) is 3.13. The third-order valence-electron chi connectivity index (χ3n) is 4.05. The van der Waals surface area contributed by atoms with E-state index in [4.69, 9.17) is 11.6 Å². The van der Waals surface area contributed by atoms with E-state index in [1.807, 2.05) is 0 Å². The van der Waals surface area contributed by atoms with Crippen LogP contribution in [0.5, 0.6) is 0 Å². The summed E-state index contributed by atoms with van der Waals surface area (Å²) in [5, 5.41) is 3.21. The summed E-state index contributed by atoms with van der Waals surface area (Å²) < 4.78 is 13.8. The van der Waals surface area contributed by atoms with Gasteiger partial charge in [0.15, 0.2) is 0 Å². The van der Waals surface area contributed by atoms with Gasteiger partial charge in [-0.05, 0) is 36.8 Å². The van der Waals surface area contributed by atoms with Crippen molar-refractivity contribution in [3.8, 4) is 0 Å². The van der Waals surface area contributed by atoms with Crippen molar-refractivity contribution in [1.82, 2.24) is 4.90 Å². The van der Waals surface area contributed by atoms with Gasteiger partial charge in [0.25, 0.3) is 11.8 Å². The van der Waals surface area contributed by atoms with Gasteiger partial charge >= 0.3 is 0 Å². The number of carbonyl (C=O) groups excluding carboxylic acids is 3. The second-order valence-corrected chi connectivity index (χ2v) is 6.04. The Labute approximate surface area is 148 Å². The van der Waals surface area contributed by atoms with Gasteiger partial charge in [-0.3, -0.25) is 19.3 Å². The van der Waals surface area contributed by atoms with Gasteiger partial charge in [0.05, 0.1) is 11.1 Å². The molecular weight excluding hydrogens is 347 g/mol. The molecule has 0 radical (unpaired) electrons. The van der Waals surface area contributed by atoms with E-state index >= 15 is 0 Å². The highest BCUT2D eigenvalue weighted by molar-refractivity contribution is 6.31. The third-order valence-corrected chi connectivity index (χ3v) is 4.46. The average Bonchev–Trinajstić information content (AvgIpc) is 2.82. The van der Waals surface area contributed by atoms with E-state index in [0.717, 1.165) is 16.5 Å². The highest BCUT2D eigenvalue weighted by Gasteiger charge is 2.37. The van der Waals surface area contributed by atoms with Crippen molar-refractivity contribution in [2.45, 2.75) is 13.3 Å². The van der Waals surface area contributed by atoms with Crippen LogP contribution in [0.2, 0.25) is 5.02 Å². The maximum absolute atomic E-state index is 13.8. The topological polar surface area (TPSA) is 66.5 Å². The molecule has 3 rings (SSSR count). The molecule has 0 aromatic heterocycles. The molecule has 0 aliphatic carbocycles. The van der Waals surface area contributed by atoms with Crippen molar-refractivity contribution in [2.75, 3.05) is 11.9 Å². The Hall–Kier alpha value is -2.73. The Morgan fingerprint density at radius 3 is 2.60 bits per heavy atom. The number of carbonyl (C=O) groups is 3. The first-order chi connectivity index (χ1) is 11.9. The van der Waals surface area contributed by atoms with E-state index in [1.165, 1.54) is 12.1 Å². The highest BCUT2D eigenvalue weighted by Crippen LogP contribution is 2.26. The minimum atomic E-state index is -0.739. The molecular formula is C18H14ClFN2O3. The van der Waals surface area contributed by atoms with E-state index in [9.17, 15) is 18.8 Å². The lowest BCUT2D eigenvalue weighted by molar-refractivity contribution is -0.116. The number of rotatable bonds is 4. The van der Waals surface area contributed by atoms with Crippen molar-refractivity contribution < 1.29 is 18.8 Å². The van der Waals surface area contributed by atoms with Crippen LogP contribution in [-0.2, 0) is 4.79 Å². The molecule has 0 atom stereocenters. The molecule has 0 spiro atoms. The summed E-state index contributed by atoms with van der Waals surface area (Å²) in [6.45, 7) is 1.64. The van der Waals surface area contributed by atoms with Crippen LogP contribution in [0.1, 0.15) is 32.7 Å². The number of hydrogen-bond acceptors (Lipinski definition) is 3. The molecule has 0 saturated carbocycles. The van der Waals surface area contributed by atoms with Crippen molar-refractivity contribution in [3.05, 3.63) is 63.9 Å². The van der Waals surface area contributed by atoms with Crippen LogP contribution in [0, 0.1) is 12.7 Å². The summed E-state index contributed by atoms with van der Waals surface area (Å²) in [6.07, 6.45) is -0.0982. The minimum Gasteiger partial charge on any atom is -0.326 e. The van der Waals surface area contributed by atoms with Crippen LogP contribution in [0.15, 0.2) is 36.4 Å². The zero-order valence-electron chi connectivity index (χ0n) is 13.3. The van der Waals surface area contributed by atoms with Gasteiger partial charge < -0.3 is 5.32 Å². The molecule has 3 amide bonds. The van der Waals surface area contributed by atoms with Crippen molar-refractivity contribution in [1.29, 1.82) is 0 Å². The van der Waals surface area contributed by atoms with E-state index < -0.39 is 17.6 Å². The van der Waals surface area contributed by atoms with Crippen LogP contribution in [0.25, 0.3) is 0 Å². The lowest BCUT2D eigenvalue weighted by Gasteiger charge is -2.14. The summed E-state index contributed by atoms with van der Waals surface area (Å²) in [5.41, 5.74) is 1.07. The van der Waals surface area contributed by atoms with E-state index in [2.05, 4.69) is 5.32 Å². The molecule has 25 heavy (non-hydrogen) atoms. The summed E-state index contributed by atoms with van der Waals surface area (Å²) >= 11 is 6.00. The van der Waals surface area contributed by atoms with Gasteiger partial charge in [0, 0.05) is 23.7 Å². The summed E-state index contributed by atoms with van der Waals surface area (Å²) in [6, 6.07) is 9.02. The van der Waals surface area contributed by atoms with Crippen molar-refractivity contribution in [2.24, 2.45) is 0 Å². The SMILES string of the molecule is Cc1c(Cl)cccc1NC(=O)CCN1C(=O)c2cccc(F)c2C1=O. The van der Waals surface area contributed by atoms with E-state index in [1.54, 1.807) is 25.1 Å². The standard InChI is InChI=1S/C18H14ClFN2O3/c1-10-12(19)5-3-7-14(10)21-15(23)8-9-22-17(24)11-4-2-6-13(20)16(11)18(22)25/h2-7H,8-9H2,1H3,(H,21,23). The maximum Gasteiger partial charge on any atom is 0.264 e. The molecule has 0 unspecified atom stereocenters. The largest absolute Gasteiger partial charge is 0.326 e. The molecule has 0 saturated heterocycles. The zero-order valence-corrected chi connectivity index (χ0v) is 14.1. The number of anilines is 1. The van der Waals surface area contributed by atoms with Gasteiger partial charge in [-0.15, -0.1) is 0 Å². The molecule has 128 valence electrons. The Morgan fingerprint density at radius 2 is 1.88 bits per heavy atom. The lowest BCUT2D eigenvalue weighted by atomic mass is 10.1. The van der Waals surface area contributed by atoms with Crippen LogP contribution in [0.3, 0.4) is 0 Å². The predicted octanol–water partition coefficient (Wildman–Crippen LogP) is 3.41. The molecule has 1 aliphatic rings. The number of benzene rings is 2. The van der Waals surface area contributed by atoms with Crippen LogP contribution in [-0.4, -0.2) is 29.2 Å². The first kappa shape index (κ1) is 17.1. The summed E-state index contributed by atoms with van der Waals surface area (Å²) in [7, 11) is 0. The first-order valence-corrected chi connectivity index (χ1v) is 7.97. The Balaban J connectivity index is 1.67. The van der Waals surface area contributed by atoms with Gasteiger partial charge in [0.2, 0.25) is 5.91 Å². The molecule has 1 aliphatic heterocycles. The number of halogens is 2.